The average Bonchev–Trinajstić information content (AvgIpc) is 2.62. The molecule has 0 radical (unpaired) electrons. The van der Waals surface area contributed by atoms with E-state index >= 15 is 0 Å². The van der Waals surface area contributed by atoms with Gasteiger partial charge in [0, 0.05) is 0 Å². The van der Waals surface area contributed by atoms with E-state index in [0.29, 0.717) is 0 Å². The van der Waals surface area contributed by atoms with E-state index in [-0.39, 0.29) is 23.6 Å². The number of alkyl halides is 6. The van der Waals surface area contributed by atoms with Crippen LogP contribution in [0.15, 0.2) is 18.2 Å². The highest BCUT2D eigenvalue weighted by Gasteiger charge is 2.67. The van der Waals surface area contributed by atoms with E-state index in [9.17, 15) is 35.9 Å². The Hall–Kier alpha value is -2.06. The second kappa shape index (κ2) is 4.72. The van der Waals surface area contributed by atoms with Crippen LogP contribution in [0.2, 0.25) is 0 Å². The maximum atomic E-state index is 12.8. The molecule has 0 saturated carbocycles. The molecule has 1 aliphatic heterocycles. The minimum absolute atomic E-state index is 0.0453. The third-order valence-electron chi connectivity index (χ3n) is 3.52. The van der Waals surface area contributed by atoms with Crippen molar-refractivity contribution in [1.29, 1.82) is 0 Å². The highest BCUT2D eigenvalue weighted by molar-refractivity contribution is 6.14. The van der Waals surface area contributed by atoms with Gasteiger partial charge in [-0.2, -0.15) is 26.3 Å². The lowest BCUT2D eigenvalue weighted by Crippen LogP contribution is -2.49. The van der Waals surface area contributed by atoms with Gasteiger partial charge >= 0.3 is 24.3 Å². The monoisotopic (exact) mass is 326 g/mol. The van der Waals surface area contributed by atoms with Gasteiger partial charge < -0.3 is 4.74 Å². The van der Waals surface area contributed by atoms with Crippen LogP contribution < -0.4 is 0 Å². The number of carbonyl (C=O) groups excluding carboxylic acids is 2. The minimum Gasteiger partial charge on any atom is -0.386 e. The first-order valence-electron chi connectivity index (χ1n) is 5.90. The molecule has 3 nitrogen and oxygen atoms in total. The van der Waals surface area contributed by atoms with Crippen LogP contribution in [-0.2, 0) is 11.2 Å². The normalized spacial score (nSPS) is 15.8. The van der Waals surface area contributed by atoms with Gasteiger partial charge in [0.15, 0.2) is 5.41 Å². The van der Waals surface area contributed by atoms with Crippen molar-refractivity contribution in [2.75, 3.05) is 0 Å². The number of benzene rings is 1. The molecule has 0 aromatic heterocycles. The summed E-state index contributed by atoms with van der Waals surface area (Å²) < 4.78 is 81.2. The number of carbonyl (C=O) groups is 2. The summed E-state index contributed by atoms with van der Waals surface area (Å²) in [6.45, 7) is 0.0453. The Bertz CT molecular complexity index is 630. The van der Waals surface area contributed by atoms with Crippen molar-refractivity contribution in [3.05, 3.63) is 34.9 Å². The van der Waals surface area contributed by atoms with Crippen molar-refractivity contribution in [1.82, 2.24) is 0 Å². The zero-order valence-electron chi connectivity index (χ0n) is 10.9. The Kier molecular flexibility index (Phi) is 3.50. The number of hydrogen-bond donors (Lipinski definition) is 0. The lowest BCUT2D eigenvalue weighted by molar-refractivity contribution is -0.334. The van der Waals surface area contributed by atoms with Gasteiger partial charge in [0.2, 0.25) is 0 Å². The zero-order valence-corrected chi connectivity index (χ0v) is 10.9. The van der Waals surface area contributed by atoms with E-state index in [1.165, 1.54) is 0 Å². The zero-order chi connectivity index (χ0) is 16.9. The Morgan fingerprint density at radius 1 is 0.909 bits per heavy atom. The maximum absolute atomic E-state index is 12.8. The fourth-order valence-electron chi connectivity index (χ4n) is 2.01. The van der Waals surface area contributed by atoms with Crippen molar-refractivity contribution in [2.24, 2.45) is 5.41 Å². The largest absolute Gasteiger partial charge is 0.403 e. The number of hydrogen-bond acceptors (Lipinski definition) is 3. The number of rotatable bonds is 2. The molecule has 0 amide bonds. The standard InChI is InChI=1S/C13H8F6O3/c1-11(12(14,15)16,13(17,18)19)5-6-2-3-7-8(4-6)10(21)22-9(7)20/h2-4H,5H2,1H3. The molecule has 0 unspecified atom stereocenters. The number of cyclic esters (lactones) is 2. The number of halogens is 6. The molecule has 0 atom stereocenters. The predicted molar refractivity (Wildman–Crippen MR) is 60.1 cm³/mol. The number of ether oxygens (including phenoxy) is 1. The van der Waals surface area contributed by atoms with Crippen molar-refractivity contribution in [3.63, 3.8) is 0 Å². The molecule has 22 heavy (non-hydrogen) atoms. The SMILES string of the molecule is CC(Cc1ccc2c(c1)C(=O)OC2=O)(C(F)(F)F)C(F)(F)F. The summed E-state index contributed by atoms with van der Waals surface area (Å²) in [5.74, 6) is -2.08. The Balaban J connectivity index is 2.44. The third-order valence-corrected chi connectivity index (χ3v) is 3.52. The molecule has 1 heterocycles. The summed E-state index contributed by atoms with van der Waals surface area (Å²) in [7, 11) is 0. The van der Waals surface area contributed by atoms with E-state index in [1.54, 1.807) is 0 Å². The molecule has 0 bridgehead atoms. The molecule has 0 fully saturated rings. The van der Waals surface area contributed by atoms with Gasteiger partial charge in [0.1, 0.15) is 0 Å². The van der Waals surface area contributed by atoms with Gasteiger partial charge in [0.05, 0.1) is 11.1 Å². The molecule has 0 spiro atoms. The summed E-state index contributed by atoms with van der Waals surface area (Å²) >= 11 is 0. The predicted octanol–water partition coefficient (Wildman–Crippen LogP) is 3.67. The molecule has 2 rings (SSSR count). The first kappa shape index (κ1) is 16.3. The molecule has 1 aromatic carbocycles. The fraction of sp³-hybridized carbons (Fsp3) is 0.385. The molecule has 0 aliphatic carbocycles. The maximum Gasteiger partial charge on any atom is 0.403 e. The lowest BCUT2D eigenvalue weighted by atomic mass is 9.81. The van der Waals surface area contributed by atoms with E-state index in [1.807, 2.05) is 0 Å². The topological polar surface area (TPSA) is 43.4 Å². The van der Waals surface area contributed by atoms with Crippen LogP contribution in [0.3, 0.4) is 0 Å². The van der Waals surface area contributed by atoms with Gasteiger partial charge in [-0.3, -0.25) is 0 Å². The summed E-state index contributed by atoms with van der Waals surface area (Å²) in [5.41, 5.74) is -4.87. The van der Waals surface area contributed by atoms with Crippen LogP contribution in [-0.4, -0.2) is 24.3 Å². The summed E-state index contributed by atoms with van der Waals surface area (Å²) in [5, 5.41) is 0. The van der Waals surface area contributed by atoms with Gasteiger partial charge in [0.25, 0.3) is 0 Å². The summed E-state index contributed by atoms with van der Waals surface area (Å²) in [4.78, 5) is 22.5. The van der Waals surface area contributed by atoms with Crippen LogP contribution in [0.1, 0.15) is 33.2 Å². The summed E-state index contributed by atoms with van der Waals surface area (Å²) in [6, 6.07) is 2.73. The molecule has 0 saturated heterocycles. The van der Waals surface area contributed by atoms with Crippen LogP contribution >= 0.6 is 0 Å². The van der Waals surface area contributed by atoms with E-state index in [2.05, 4.69) is 4.74 Å². The van der Waals surface area contributed by atoms with E-state index in [0.717, 1.165) is 18.2 Å². The lowest BCUT2D eigenvalue weighted by Gasteiger charge is -2.34. The van der Waals surface area contributed by atoms with E-state index in [4.69, 9.17) is 0 Å². The molecule has 0 N–H and O–H groups in total. The summed E-state index contributed by atoms with van der Waals surface area (Å²) in [6.07, 6.45) is -12.5. The van der Waals surface area contributed by atoms with Crippen molar-refractivity contribution < 1.29 is 40.7 Å². The second-order valence-corrected chi connectivity index (χ2v) is 5.06. The van der Waals surface area contributed by atoms with Crippen molar-refractivity contribution in [2.45, 2.75) is 25.7 Å². The Morgan fingerprint density at radius 2 is 1.41 bits per heavy atom. The quantitative estimate of drug-likeness (QED) is 0.473. The third kappa shape index (κ3) is 2.44. The number of fused-ring (bicyclic) bond motifs is 1. The van der Waals surface area contributed by atoms with Crippen LogP contribution in [0.5, 0.6) is 0 Å². The van der Waals surface area contributed by atoms with Gasteiger partial charge in [-0.25, -0.2) is 9.59 Å². The van der Waals surface area contributed by atoms with Crippen molar-refractivity contribution >= 4 is 11.9 Å². The molecular weight excluding hydrogens is 318 g/mol. The average molecular weight is 326 g/mol. The second-order valence-electron chi connectivity index (χ2n) is 5.06. The first-order chi connectivity index (χ1) is 9.87. The minimum atomic E-state index is -5.53. The van der Waals surface area contributed by atoms with Gasteiger partial charge in [-0.1, -0.05) is 6.07 Å². The van der Waals surface area contributed by atoms with Gasteiger partial charge in [-0.15, -0.1) is 0 Å². The highest BCUT2D eigenvalue weighted by Crippen LogP contribution is 2.52. The van der Waals surface area contributed by atoms with Gasteiger partial charge in [-0.05, 0) is 31.0 Å². The molecular formula is C13H8F6O3. The Morgan fingerprint density at radius 3 is 1.91 bits per heavy atom. The molecule has 9 heteroatoms. The Labute approximate surface area is 119 Å². The first-order valence-corrected chi connectivity index (χ1v) is 5.90. The van der Waals surface area contributed by atoms with Crippen LogP contribution in [0.25, 0.3) is 0 Å². The fourth-order valence-corrected chi connectivity index (χ4v) is 2.01. The van der Waals surface area contributed by atoms with Crippen molar-refractivity contribution in [3.8, 4) is 0 Å². The smallest absolute Gasteiger partial charge is 0.386 e. The van der Waals surface area contributed by atoms with Crippen LogP contribution in [0.4, 0.5) is 26.3 Å². The number of esters is 2. The van der Waals surface area contributed by atoms with E-state index < -0.39 is 36.1 Å². The highest BCUT2D eigenvalue weighted by atomic mass is 19.4. The molecule has 120 valence electrons. The molecule has 1 aromatic rings. The van der Waals surface area contributed by atoms with Crippen LogP contribution in [0, 0.1) is 5.41 Å². The molecule has 1 aliphatic rings.